The maximum Gasteiger partial charge on any atom is 0.277 e. The van der Waals surface area contributed by atoms with Crippen LogP contribution in [0.2, 0.25) is 0 Å². The highest BCUT2D eigenvalue weighted by Crippen LogP contribution is 2.03. The van der Waals surface area contributed by atoms with E-state index in [0.717, 1.165) is 5.75 Å². The number of benzene rings is 1. The van der Waals surface area contributed by atoms with Gasteiger partial charge in [-0.05, 0) is 30.6 Å². The van der Waals surface area contributed by atoms with Crippen molar-refractivity contribution in [2.75, 3.05) is 18.6 Å². The van der Waals surface area contributed by atoms with Crippen molar-refractivity contribution in [2.45, 2.75) is 25.9 Å². The summed E-state index contributed by atoms with van der Waals surface area (Å²) in [6.07, 6.45) is 2.48. The first-order valence-corrected chi connectivity index (χ1v) is 9.28. The molecule has 8 nitrogen and oxygen atoms in total. The number of amides is 2. The van der Waals surface area contributed by atoms with E-state index >= 15 is 0 Å². The second kappa shape index (κ2) is 9.16. The van der Waals surface area contributed by atoms with Crippen molar-refractivity contribution in [2.24, 2.45) is 0 Å². The van der Waals surface area contributed by atoms with E-state index in [1.807, 2.05) is 6.26 Å². The molecule has 1 aromatic carbocycles. The summed E-state index contributed by atoms with van der Waals surface area (Å²) in [5.41, 5.74) is 0.288. The van der Waals surface area contributed by atoms with Gasteiger partial charge in [-0.15, -0.1) is 5.10 Å². The van der Waals surface area contributed by atoms with E-state index in [2.05, 4.69) is 20.9 Å². The molecule has 2 amide bonds. The molecule has 0 aliphatic heterocycles. The number of nitrogens with one attached hydrogen (secondary N) is 2. The Bertz CT molecular complexity index is 808. The van der Waals surface area contributed by atoms with Gasteiger partial charge in [0, 0.05) is 13.5 Å². The standard InChI is InChI=1S/C16H21N5O3S/c1-11(22)18-14(7-10-25-2)15(23)17-8-9-21-16(24)12-5-3-4-6-13(12)19-20-21/h3-6,14H,7-10H2,1-2H3,(H,17,23)(H,18,22). The number of nitrogens with zero attached hydrogens (tertiary/aromatic N) is 3. The molecule has 0 saturated heterocycles. The second-order valence-electron chi connectivity index (χ2n) is 5.46. The van der Waals surface area contributed by atoms with Gasteiger partial charge in [-0.2, -0.15) is 11.8 Å². The van der Waals surface area contributed by atoms with Crippen LogP contribution in [0.3, 0.4) is 0 Å². The second-order valence-corrected chi connectivity index (χ2v) is 6.45. The van der Waals surface area contributed by atoms with Gasteiger partial charge in [0.2, 0.25) is 11.8 Å². The van der Waals surface area contributed by atoms with Crippen LogP contribution in [0.25, 0.3) is 10.9 Å². The zero-order valence-corrected chi connectivity index (χ0v) is 15.0. The molecular formula is C16H21N5O3S. The zero-order chi connectivity index (χ0) is 18.2. The number of rotatable bonds is 8. The average molecular weight is 363 g/mol. The lowest BCUT2D eigenvalue weighted by molar-refractivity contribution is -0.128. The largest absolute Gasteiger partial charge is 0.352 e. The van der Waals surface area contributed by atoms with Crippen molar-refractivity contribution in [3.63, 3.8) is 0 Å². The summed E-state index contributed by atoms with van der Waals surface area (Å²) < 4.78 is 1.22. The maximum atomic E-state index is 12.3. The van der Waals surface area contributed by atoms with Crippen molar-refractivity contribution >= 4 is 34.5 Å². The SMILES string of the molecule is CSCCC(NC(C)=O)C(=O)NCCn1nnc2ccccc2c1=O. The first-order valence-electron chi connectivity index (χ1n) is 7.89. The van der Waals surface area contributed by atoms with Crippen molar-refractivity contribution in [1.29, 1.82) is 0 Å². The lowest BCUT2D eigenvalue weighted by Gasteiger charge is -2.17. The molecule has 2 aromatic rings. The minimum atomic E-state index is -0.579. The Hall–Kier alpha value is -2.42. The highest BCUT2D eigenvalue weighted by atomic mass is 32.2. The number of fused-ring (bicyclic) bond motifs is 1. The van der Waals surface area contributed by atoms with Gasteiger partial charge in [-0.3, -0.25) is 14.4 Å². The number of thioether (sulfide) groups is 1. The van der Waals surface area contributed by atoms with Crippen LogP contribution < -0.4 is 16.2 Å². The molecule has 25 heavy (non-hydrogen) atoms. The molecule has 0 aliphatic rings. The van der Waals surface area contributed by atoms with Gasteiger partial charge < -0.3 is 10.6 Å². The number of hydrogen-bond donors (Lipinski definition) is 2. The third-order valence-corrected chi connectivity index (χ3v) is 4.20. The van der Waals surface area contributed by atoms with Crippen LogP contribution in [0.4, 0.5) is 0 Å². The normalized spacial score (nSPS) is 11.9. The Morgan fingerprint density at radius 1 is 1.32 bits per heavy atom. The third-order valence-electron chi connectivity index (χ3n) is 3.56. The van der Waals surface area contributed by atoms with Gasteiger partial charge in [0.05, 0.1) is 11.9 Å². The maximum absolute atomic E-state index is 12.3. The minimum absolute atomic E-state index is 0.206. The van der Waals surface area contributed by atoms with Crippen molar-refractivity contribution in [1.82, 2.24) is 25.6 Å². The number of carbonyl (C=O) groups is 2. The lowest BCUT2D eigenvalue weighted by Crippen LogP contribution is -2.47. The third kappa shape index (κ3) is 5.28. The van der Waals surface area contributed by atoms with Crippen LogP contribution in [0.15, 0.2) is 29.1 Å². The Morgan fingerprint density at radius 3 is 2.80 bits per heavy atom. The molecule has 1 atom stereocenters. The molecule has 0 fully saturated rings. The van der Waals surface area contributed by atoms with Gasteiger partial charge in [0.25, 0.3) is 5.56 Å². The van der Waals surface area contributed by atoms with Crippen LogP contribution in [0.5, 0.6) is 0 Å². The van der Waals surface area contributed by atoms with E-state index in [0.29, 0.717) is 17.3 Å². The first-order chi connectivity index (χ1) is 12.0. The van der Waals surface area contributed by atoms with Gasteiger partial charge in [0.15, 0.2) is 0 Å². The van der Waals surface area contributed by atoms with E-state index in [1.54, 1.807) is 36.0 Å². The van der Waals surface area contributed by atoms with Gasteiger partial charge in [-0.1, -0.05) is 17.3 Å². The molecule has 0 bridgehead atoms. The first kappa shape index (κ1) is 18.9. The number of carbonyl (C=O) groups excluding carboxylic acids is 2. The number of hydrogen-bond acceptors (Lipinski definition) is 6. The fourth-order valence-electron chi connectivity index (χ4n) is 2.33. The van der Waals surface area contributed by atoms with E-state index in [1.165, 1.54) is 11.6 Å². The zero-order valence-electron chi connectivity index (χ0n) is 14.2. The van der Waals surface area contributed by atoms with E-state index < -0.39 is 6.04 Å². The summed E-state index contributed by atoms with van der Waals surface area (Å²) in [6, 6.07) is 6.39. The highest BCUT2D eigenvalue weighted by molar-refractivity contribution is 7.98. The molecule has 1 heterocycles. The Labute approximate surface area is 149 Å². The number of aromatic nitrogens is 3. The summed E-state index contributed by atoms with van der Waals surface area (Å²) in [5.74, 6) is 0.234. The Morgan fingerprint density at radius 2 is 2.08 bits per heavy atom. The molecule has 134 valence electrons. The minimum Gasteiger partial charge on any atom is -0.352 e. The predicted molar refractivity (Wildman–Crippen MR) is 97.4 cm³/mol. The molecule has 0 radical (unpaired) electrons. The quantitative estimate of drug-likeness (QED) is 0.692. The monoisotopic (exact) mass is 363 g/mol. The van der Waals surface area contributed by atoms with E-state index in [4.69, 9.17) is 0 Å². The summed E-state index contributed by atoms with van der Waals surface area (Å²) in [7, 11) is 0. The van der Waals surface area contributed by atoms with E-state index in [9.17, 15) is 14.4 Å². The molecule has 1 aromatic heterocycles. The Kier molecular flexibility index (Phi) is 6.93. The molecule has 0 spiro atoms. The van der Waals surface area contributed by atoms with Crippen LogP contribution >= 0.6 is 11.8 Å². The molecule has 1 unspecified atom stereocenters. The highest BCUT2D eigenvalue weighted by Gasteiger charge is 2.18. The predicted octanol–water partition coefficient (Wildman–Crippen LogP) is 0.166. The summed E-state index contributed by atoms with van der Waals surface area (Å²) in [5, 5.41) is 13.7. The summed E-state index contributed by atoms with van der Waals surface area (Å²) in [4.78, 5) is 35.8. The summed E-state index contributed by atoms with van der Waals surface area (Å²) in [6.45, 7) is 1.81. The van der Waals surface area contributed by atoms with E-state index in [-0.39, 0.29) is 30.5 Å². The lowest BCUT2D eigenvalue weighted by atomic mass is 10.2. The van der Waals surface area contributed by atoms with Gasteiger partial charge >= 0.3 is 0 Å². The van der Waals surface area contributed by atoms with Gasteiger partial charge in [0.1, 0.15) is 11.6 Å². The average Bonchev–Trinajstić information content (AvgIpc) is 2.60. The van der Waals surface area contributed by atoms with Crippen molar-refractivity contribution < 1.29 is 9.59 Å². The molecule has 2 rings (SSSR count). The van der Waals surface area contributed by atoms with Crippen LogP contribution in [0, 0.1) is 0 Å². The molecule has 0 saturated carbocycles. The topological polar surface area (TPSA) is 106 Å². The van der Waals surface area contributed by atoms with Crippen LogP contribution in [-0.4, -0.2) is 51.4 Å². The smallest absolute Gasteiger partial charge is 0.277 e. The molecular weight excluding hydrogens is 342 g/mol. The van der Waals surface area contributed by atoms with Crippen molar-refractivity contribution in [3.8, 4) is 0 Å². The Balaban J connectivity index is 1.96. The fraction of sp³-hybridized carbons (Fsp3) is 0.438. The van der Waals surface area contributed by atoms with Crippen LogP contribution in [0.1, 0.15) is 13.3 Å². The fourth-order valence-corrected chi connectivity index (χ4v) is 2.80. The molecule has 0 aliphatic carbocycles. The molecule has 2 N–H and O–H groups in total. The molecule has 9 heteroatoms. The van der Waals surface area contributed by atoms with Gasteiger partial charge in [-0.25, -0.2) is 4.68 Å². The van der Waals surface area contributed by atoms with Crippen molar-refractivity contribution in [3.05, 3.63) is 34.6 Å². The van der Waals surface area contributed by atoms with Crippen LogP contribution in [-0.2, 0) is 16.1 Å². The summed E-state index contributed by atoms with van der Waals surface area (Å²) >= 11 is 1.60.